The topological polar surface area (TPSA) is 24.5 Å². The van der Waals surface area contributed by atoms with Gasteiger partial charge in [-0.05, 0) is 51.6 Å². The second kappa shape index (κ2) is 6.72. The number of piperidine rings is 1. The molecule has 3 nitrogen and oxygen atoms in total. The van der Waals surface area contributed by atoms with E-state index >= 15 is 0 Å². The second-order valence-corrected chi connectivity index (χ2v) is 5.83. The molecule has 1 N–H and O–H groups in total. The van der Waals surface area contributed by atoms with E-state index in [1.54, 1.807) is 0 Å². The molecule has 0 bridgehead atoms. The van der Waals surface area contributed by atoms with E-state index in [1.807, 2.05) is 7.11 Å². The number of nitrogens with one attached hydrogen (secondary N) is 1. The highest BCUT2D eigenvalue weighted by Crippen LogP contribution is 2.32. The van der Waals surface area contributed by atoms with Gasteiger partial charge < -0.3 is 15.0 Å². The van der Waals surface area contributed by atoms with Crippen molar-refractivity contribution >= 4 is 0 Å². The molecule has 1 saturated heterocycles. The zero-order valence-electron chi connectivity index (χ0n) is 11.5. The Balaban J connectivity index is 1.68. The predicted octanol–water partition coefficient (Wildman–Crippen LogP) is 1.88. The van der Waals surface area contributed by atoms with Crippen molar-refractivity contribution < 1.29 is 4.74 Å². The lowest BCUT2D eigenvalue weighted by atomic mass is 10.1. The molecule has 0 aromatic rings. The van der Waals surface area contributed by atoms with E-state index in [0.717, 1.165) is 12.5 Å². The Morgan fingerprint density at radius 3 is 2.53 bits per heavy atom. The van der Waals surface area contributed by atoms with Gasteiger partial charge in [-0.15, -0.1) is 0 Å². The SMILES string of the molecule is COCC(NC(C)CN1CCCCC1)C1CC1. The van der Waals surface area contributed by atoms with E-state index in [0.29, 0.717) is 12.1 Å². The molecule has 1 saturated carbocycles. The minimum Gasteiger partial charge on any atom is -0.383 e. The standard InChI is InChI=1S/C14H28N2O/c1-12(10-16-8-4-3-5-9-16)15-14(11-17-2)13-6-7-13/h12-15H,3-11H2,1-2H3. The predicted molar refractivity (Wildman–Crippen MR) is 71.3 cm³/mol. The maximum atomic E-state index is 5.32. The lowest BCUT2D eigenvalue weighted by molar-refractivity contribution is 0.141. The van der Waals surface area contributed by atoms with Gasteiger partial charge in [0.15, 0.2) is 0 Å². The molecular weight excluding hydrogens is 212 g/mol. The lowest BCUT2D eigenvalue weighted by Gasteiger charge is -2.31. The first-order valence-electron chi connectivity index (χ1n) is 7.27. The first-order chi connectivity index (χ1) is 8.29. The second-order valence-electron chi connectivity index (χ2n) is 5.83. The summed E-state index contributed by atoms with van der Waals surface area (Å²) in [5.74, 6) is 0.874. The molecule has 1 aliphatic heterocycles. The highest BCUT2D eigenvalue weighted by atomic mass is 16.5. The quantitative estimate of drug-likeness (QED) is 0.735. The number of hydrogen-bond acceptors (Lipinski definition) is 3. The Labute approximate surface area is 106 Å². The van der Waals surface area contributed by atoms with E-state index in [9.17, 15) is 0 Å². The first kappa shape index (κ1) is 13.3. The van der Waals surface area contributed by atoms with Crippen LogP contribution in [-0.2, 0) is 4.74 Å². The third-order valence-corrected chi connectivity index (χ3v) is 4.02. The van der Waals surface area contributed by atoms with Crippen LogP contribution in [0.25, 0.3) is 0 Å². The van der Waals surface area contributed by atoms with Gasteiger partial charge in [-0.3, -0.25) is 0 Å². The number of rotatable bonds is 7. The van der Waals surface area contributed by atoms with Crippen molar-refractivity contribution in [1.82, 2.24) is 10.2 Å². The van der Waals surface area contributed by atoms with Crippen molar-refractivity contribution in [2.75, 3.05) is 33.4 Å². The van der Waals surface area contributed by atoms with Crippen molar-refractivity contribution in [1.29, 1.82) is 0 Å². The van der Waals surface area contributed by atoms with Gasteiger partial charge in [0.25, 0.3) is 0 Å². The van der Waals surface area contributed by atoms with Crippen LogP contribution in [-0.4, -0.2) is 50.3 Å². The van der Waals surface area contributed by atoms with E-state index in [1.165, 1.54) is 51.7 Å². The van der Waals surface area contributed by atoms with Crippen LogP contribution in [0.3, 0.4) is 0 Å². The molecule has 0 radical (unpaired) electrons. The largest absolute Gasteiger partial charge is 0.383 e. The molecule has 3 heteroatoms. The Morgan fingerprint density at radius 2 is 1.94 bits per heavy atom. The molecule has 2 unspecified atom stereocenters. The van der Waals surface area contributed by atoms with Crippen LogP contribution in [0.4, 0.5) is 0 Å². The van der Waals surface area contributed by atoms with Crippen molar-refractivity contribution in [2.24, 2.45) is 5.92 Å². The molecule has 2 atom stereocenters. The fourth-order valence-electron chi connectivity index (χ4n) is 2.95. The van der Waals surface area contributed by atoms with Crippen LogP contribution in [0.2, 0.25) is 0 Å². The summed E-state index contributed by atoms with van der Waals surface area (Å²) in [5, 5.41) is 3.76. The third-order valence-electron chi connectivity index (χ3n) is 4.02. The minimum atomic E-state index is 0.583. The Kier molecular flexibility index (Phi) is 5.26. The average Bonchev–Trinajstić information content (AvgIpc) is 3.13. The lowest BCUT2D eigenvalue weighted by Crippen LogP contribution is -2.47. The first-order valence-corrected chi connectivity index (χ1v) is 7.27. The van der Waals surface area contributed by atoms with E-state index in [-0.39, 0.29) is 0 Å². The molecule has 100 valence electrons. The number of hydrogen-bond donors (Lipinski definition) is 1. The fraction of sp³-hybridized carbons (Fsp3) is 1.00. The monoisotopic (exact) mass is 240 g/mol. The molecule has 0 aromatic heterocycles. The molecule has 17 heavy (non-hydrogen) atoms. The highest BCUT2D eigenvalue weighted by Gasteiger charge is 2.31. The summed E-state index contributed by atoms with van der Waals surface area (Å²) in [4.78, 5) is 2.61. The van der Waals surface area contributed by atoms with Crippen molar-refractivity contribution in [3.8, 4) is 0 Å². The summed E-state index contributed by atoms with van der Waals surface area (Å²) in [6, 6.07) is 1.17. The summed E-state index contributed by atoms with van der Waals surface area (Å²) in [7, 11) is 1.81. The summed E-state index contributed by atoms with van der Waals surface area (Å²) >= 11 is 0. The Hall–Kier alpha value is -0.120. The molecule has 0 spiro atoms. The maximum Gasteiger partial charge on any atom is 0.0618 e. The van der Waals surface area contributed by atoms with Crippen molar-refractivity contribution in [2.45, 2.75) is 51.1 Å². The van der Waals surface area contributed by atoms with Gasteiger partial charge >= 0.3 is 0 Å². The van der Waals surface area contributed by atoms with E-state index < -0.39 is 0 Å². The van der Waals surface area contributed by atoms with E-state index in [2.05, 4.69) is 17.1 Å². The molecule has 0 amide bonds. The Bertz CT molecular complexity index is 212. The van der Waals surface area contributed by atoms with Gasteiger partial charge in [0.2, 0.25) is 0 Å². The summed E-state index contributed by atoms with van der Waals surface area (Å²) in [6.45, 7) is 6.98. The average molecular weight is 240 g/mol. The molecule has 0 aromatic carbocycles. The van der Waals surface area contributed by atoms with Crippen LogP contribution in [0.1, 0.15) is 39.0 Å². The number of methoxy groups -OCH3 is 1. The van der Waals surface area contributed by atoms with Gasteiger partial charge in [0, 0.05) is 25.7 Å². The summed E-state index contributed by atoms with van der Waals surface area (Å²) < 4.78 is 5.32. The van der Waals surface area contributed by atoms with Crippen LogP contribution >= 0.6 is 0 Å². The normalized spacial score (nSPS) is 25.8. The van der Waals surface area contributed by atoms with Gasteiger partial charge in [0.05, 0.1) is 6.61 Å². The zero-order valence-corrected chi connectivity index (χ0v) is 11.5. The zero-order chi connectivity index (χ0) is 12.1. The van der Waals surface area contributed by atoms with Crippen molar-refractivity contribution in [3.63, 3.8) is 0 Å². The molecule has 2 fully saturated rings. The van der Waals surface area contributed by atoms with Gasteiger partial charge in [-0.2, -0.15) is 0 Å². The molecular formula is C14H28N2O. The molecule has 1 heterocycles. The van der Waals surface area contributed by atoms with Crippen LogP contribution in [0.5, 0.6) is 0 Å². The van der Waals surface area contributed by atoms with Gasteiger partial charge in [-0.25, -0.2) is 0 Å². The fourth-order valence-corrected chi connectivity index (χ4v) is 2.95. The summed E-state index contributed by atoms with van der Waals surface area (Å²) in [6.07, 6.45) is 6.97. The van der Waals surface area contributed by atoms with Gasteiger partial charge in [0.1, 0.15) is 0 Å². The highest BCUT2D eigenvalue weighted by molar-refractivity contribution is 4.88. The maximum absolute atomic E-state index is 5.32. The van der Waals surface area contributed by atoms with Crippen LogP contribution < -0.4 is 5.32 Å². The molecule has 2 aliphatic rings. The Morgan fingerprint density at radius 1 is 1.24 bits per heavy atom. The minimum absolute atomic E-state index is 0.583. The number of ether oxygens (including phenoxy) is 1. The third kappa shape index (κ3) is 4.57. The van der Waals surface area contributed by atoms with Gasteiger partial charge in [-0.1, -0.05) is 6.42 Å². The van der Waals surface area contributed by atoms with E-state index in [4.69, 9.17) is 4.74 Å². The molecule has 2 rings (SSSR count). The van der Waals surface area contributed by atoms with Crippen molar-refractivity contribution in [3.05, 3.63) is 0 Å². The molecule has 1 aliphatic carbocycles. The summed E-state index contributed by atoms with van der Waals surface area (Å²) in [5.41, 5.74) is 0. The van der Waals surface area contributed by atoms with Crippen LogP contribution in [0.15, 0.2) is 0 Å². The smallest absolute Gasteiger partial charge is 0.0618 e. The van der Waals surface area contributed by atoms with Crippen LogP contribution in [0, 0.1) is 5.92 Å². The number of likely N-dealkylation sites (tertiary alicyclic amines) is 1. The number of nitrogens with zero attached hydrogens (tertiary/aromatic N) is 1.